The number of allylic oxidation sites excluding steroid dienone is 1. The summed E-state index contributed by atoms with van der Waals surface area (Å²) in [7, 11) is 0. The topological polar surface area (TPSA) is 26.0 Å². The van der Waals surface area contributed by atoms with Crippen LogP contribution in [0.4, 0.5) is 0 Å². The van der Waals surface area contributed by atoms with Gasteiger partial charge >= 0.3 is 0 Å². The van der Waals surface area contributed by atoms with Gasteiger partial charge in [-0.1, -0.05) is 59.8 Å². The fourth-order valence-electron chi connectivity index (χ4n) is 2.12. The SMILES string of the molecule is C=CCC(Sc1nc2cc(Cl)ccc2o1)c1ccccc1. The van der Waals surface area contributed by atoms with Gasteiger partial charge in [0.05, 0.1) is 0 Å². The number of fused-ring (bicyclic) bond motifs is 1. The van der Waals surface area contributed by atoms with E-state index in [0.717, 1.165) is 17.5 Å². The lowest BCUT2D eigenvalue weighted by molar-refractivity contribution is 0.488. The van der Waals surface area contributed by atoms with Gasteiger partial charge in [0.2, 0.25) is 0 Å². The summed E-state index contributed by atoms with van der Waals surface area (Å²) >= 11 is 7.58. The molecule has 0 fully saturated rings. The summed E-state index contributed by atoms with van der Waals surface area (Å²) in [6, 6.07) is 15.8. The van der Waals surface area contributed by atoms with Crippen LogP contribution in [0.3, 0.4) is 0 Å². The largest absolute Gasteiger partial charge is 0.431 e. The Bertz CT molecular complexity index is 754. The van der Waals surface area contributed by atoms with E-state index in [1.54, 1.807) is 11.8 Å². The van der Waals surface area contributed by atoms with Crippen molar-refractivity contribution in [2.45, 2.75) is 16.9 Å². The van der Waals surface area contributed by atoms with Crippen LogP contribution in [0.5, 0.6) is 0 Å². The van der Waals surface area contributed by atoms with Crippen LogP contribution in [-0.4, -0.2) is 4.98 Å². The van der Waals surface area contributed by atoms with Gasteiger partial charge in [-0.2, -0.15) is 0 Å². The Morgan fingerprint density at radius 2 is 2.05 bits per heavy atom. The standard InChI is InChI=1S/C17H14ClNOS/c1-2-6-16(12-7-4-3-5-8-12)21-17-19-14-11-13(18)9-10-15(14)20-17/h2-5,7-11,16H,1,6H2. The van der Waals surface area contributed by atoms with Gasteiger partial charge in [0, 0.05) is 10.3 Å². The van der Waals surface area contributed by atoms with E-state index in [-0.39, 0.29) is 5.25 Å². The molecule has 0 saturated heterocycles. The monoisotopic (exact) mass is 315 g/mol. The molecular formula is C17H14ClNOS. The number of aromatic nitrogens is 1. The minimum Gasteiger partial charge on any atom is -0.431 e. The fourth-order valence-corrected chi connectivity index (χ4v) is 3.35. The molecule has 3 aromatic rings. The van der Waals surface area contributed by atoms with E-state index in [4.69, 9.17) is 16.0 Å². The molecule has 2 nitrogen and oxygen atoms in total. The minimum atomic E-state index is 0.243. The first-order valence-electron chi connectivity index (χ1n) is 6.65. The lowest BCUT2D eigenvalue weighted by atomic mass is 10.1. The number of thioether (sulfide) groups is 1. The van der Waals surface area contributed by atoms with Crippen LogP contribution in [0.25, 0.3) is 11.1 Å². The summed E-state index contributed by atoms with van der Waals surface area (Å²) in [5, 5.41) is 1.56. The number of hydrogen-bond acceptors (Lipinski definition) is 3. The first-order valence-corrected chi connectivity index (χ1v) is 7.90. The highest BCUT2D eigenvalue weighted by molar-refractivity contribution is 7.99. The van der Waals surface area contributed by atoms with E-state index in [0.29, 0.717) is 10.2 Å². The molecule has 1 heterocycles. The van der Waals surface area contributed by atoms with Gasteiger partial charge in [0.25, 0.3) is 5.22 Å². The maximum Gasteiger partial charge on any atom is 0.257 e. The van der Waals surface area contributed by atoms with Gasteiger partial charge < -0.3 is 4.42 Å². The molecule has 3 rings (SSSR count). The predicted octanol–water partition coefficient (Wildman–Crippen LogP) is 5.89. The highest BCUT2D eigenvalue weighted by Crippen LogP contribution is 2.38. The third-order valence-electron chi connectivity index (χ3n) is 3.13. The second-order valence-corrected chi connectivity index (χ2v) is 6.22. The molecule has 0 aliphatic carbocycles. The summed E-state index contributed by atoms with van der Waals surface area (Å²) in [6.45, 7) is 3.84. The first kappa shape index (κ1) is 14.2. The van der Waals surface area contributed by atoms with Gasteiger partial charge in [-0.15, -0.1) is 6.58 Å². The van der Waals surface area contributed by atoms with Crippen molar-refractivity contribution in [3.63, 3.8) is 0 Å². The Hall–Kier alpha value is -1.71. The minimum absolute atomic E-state index is 0.243. The molecule has 1 unspecified atom stereocenters. The number of nitrogens with zero attached hydrogens (tertiary/aromatic N) is 1. The van der Waals surface area contributed by atoms with E-state index in [9.17, 15) is 0 Å². The molecule has 0 aliphatic rings. The summed E-state index contributed by atoms with van der Waals surface area (Å²) in [6.07, 6.45) is 2.78. The average molecular weight is 316 g/mol. The zero-order valence-electron chi connectivity index (χ0n) is 11.3. The Morgan fingerprint density at radius 3 is 2.81 bits per heavy atom. The van der Waals surface area contributed by atoms with E-state index >= 15 is 0 Å². The molecule has 1 aromatic heterocycles. The lowest BCUT2D eigenvalue weighted by Gasteiger charge is -2.12. The van der Waals surface area contributed by atoms with Gasteiger partial charge in [0.1, 0.15) is 5.52 Å². The summed E-state index contributed by atoms with van der Waals surface area (Å²) in [5.41, 5.74) is 2.78. The number of oxazole rings is 1. The van der Waals surface area contributed by atoms with E-state index < -0.39 is 0 Å². The van der Waals surface area contributed by atoms with Crippen molar-refractivity contribution in [3.05, 3.63) is 71.8 Å². The predicted molar refractivity (Wildman–Crippen MR) is 88.9 cm³/mol. The van der Waals surface area contributed by atoms with Crippen molar-refractivity contribution in [2.75, 3.05) is 0 Å². The van der Waals surface area contributed by atoms with E-state index in [1.165, 1.54) is 5.56 Å². The molecule has 0 amide bonds. The second kappa shape index (κ2) is 6.37. The van der Waals surface area contributed by atoms with Gasteiger partial charge in [0.15, 0.2) is 5.58 Å². The Morgan fingerprint density at radius 1 is 1.24 bits per heavy atom. The molecule has 21 heavy (non-hydrogen) atoms. The number of hydrogen-bond donors (Lipinski definition) is 0. The van der Waals surface area contributed by atoms with E-state index in [2.05, 4.69) is 23.7 Å². The first-order chi connectivity index (χ1) is 10.3. The molecule has 1 atom stereocenters. The highest BCUT2D eigenvalue weighted by Gasteiger charge is 2.16. The number of rotatable bonds is 5. The molecule has 2 aromatic carbocycles. The Kier molecular flexibility index (Phi) is 4.32. The quantitative estimate of drug-likeness (QED) is 0.433. The van der Waals surface area contributed by atoms with Crippen LogP contribution in [0, 0.1) is 0 Å². The second-order valence-electron chi connectivity index (χ2n) is 4.63. The fraction of sp³-hybridized carbons (Fsp3) is 0.118. The Balaban J connectivity index is 1.89. The van der Waals surface area contributed by atoms with Crippen LogP contribution < -0.4 is 0 Å². The van der Waals surface area contributed by atoms with Crippen LogP contribution in [-0.2, 0) is 0 Å². The third kappa shape index (κ3) is 3.31. The normalized spacial score (nSPS) is 12.4. The molecule has 0 radical (unpaired) electrons. The van der Waals surface area contributed by atoms with Gasteiger partial charge in [-0.05, 0) is 30.2 Å². The third-order valence-corrected chi connectivity index (χ3v) is 4.49. The van der Waals surface area contributed by atoms with Crippen LogP contribution in [0.2, 0.25) is 5.02 Å². The highest BCUT2D eigenvalue weighted by atomic mass is 35.5. The zero-order valence-corrected chi connectivity index (χ0v) is 12.9. The van der Waals surface area contributed by atoms with Crippen LogP contribution >= 0.6 is 23.4 Å². The van der Waals surface area contributed by atoms with Crippen molar-refractivity contribution in [1.29, 1.82) is 0 Å². The summed E-state index contributed by atoms with van der Waals surface area (Å²) in [5.74, 6) is 0. The average Bonchev–Trinajstić information content (AvgIpc) is 2.89. The lowest BCUT2D eigenvalue weighted by Crippen LogP contribution is -1.92. The van der Waals surface area contributed by atoms with Crippen LogP contribution in [0.1, 0.15) is 17.2 Å². The smallest absolute Gasteiger partial charge is 0.257 e. The molecule has 0 saturated carbocycles. The van der Waals surface area contributed by atoms with E-state index in [1.807, 2.05) is 42.5 Å². The van der Waals surface area contributed by atoms with Crippen molar-refractivity contribution in [2.24, 2.45) is 0 Å². The molecule has 0 bridgehead atoms. The molecule has 0 N–H and O–H groups in total. The van der Waals surface area contributed by atoms with Gasteiger partial charge in [-0.25, -0.2) is 4.98 Å². The van der Waals surface area contributed by atoms with Crippen LogP contribution in [0.15, 0.2) is 70.8 Å². The molecule has 106 valence electrons. The number of halogens is 1. The van der Waals surface area contributed by atoms with Crippen molar-refractivity contribution in [3.8, 4) is 0 Å². The van der Waals surface area contributed by atoms with Crippen molar-refractivity contribution in [1.82, 2.24) is 4.98 Å². The Labute approximate surface area is 132 Å². The summed E-state index contributed by atoms with van der Waals surface area (Å²) in [4.78, 5) is 4.50. The van der Waals surface area contributed by atoms with Crippen molar-refractivity contribution >= 4 is 34.5 Å². The number of benzene rings is 2. The maximum atomic E-state index is 5.98. The summed E-state index contributed by atoms with van der Waals surface area (Å²) < 4.78 is 5.78. The molecule has 4 heteroatoms. The molecule has 0 spiro atoms. The molecule has 0 aliphatic heterocycles. The van der Waals surface area contributed by atoms with Gasteiger partial charge in [-0.3, -0.25) is 0 Å². The molecular weight excluding hydrogens is 302 g/mol. The zero-order chi connectivity index (χ0) is 14.7. The van der Waals surface area contributed by atoms with Crippen molar-refractivity contribution < 1.29 is 4.42 Å². The maximum absolute atomic E-state index is 5.98.